The second-order valence-electron chi connectivity index (χ2n) is 6.79. The first-order valence-electron chi connectivity index (χ1n) is 8.83. The molecule has 1 rings (SSSR count). The third kappa shape index (κ3) is 8.33. The van der Waals surface area contributed by atoms with Gasteiger partial charge in [-0.1, -0.05) is 52.0 Å². The summed E-state index contributed by atoms with van der Waals surface area (Å²) in [5.74, 6) is 0.369. The van der Waals surface area contributed by atoms with Gasteiger partial charge in [-0.15, -0.1) is 0 Å². The Bertz CT molecular complexity index is 312. The van der Waals surface area contributed by atoms with Crippen molar-refractivity contribution in [2.24, 2.45) is 0 Å². The van der Waals surface area contributed by atoms with Crippen LogP contribution in [0, 0.1) is 0 Å². The number of carbonyl (C=O) groups excluding carboxylic acids is 1. The van der Waals surface area contributed by atoms with Gasteiger partial charge in [0.25, 0.3) is 0 Å². The van der Waals surface area contributed by atoms with Crippen LogP contribution in [0.1, 0.15) is 58.3 Å². The van der Waals surface area contributed by atoms with Crippen molar-refractivity contribution in [1.82, 2.24) is 4.90 Å². The number of carbonyl (C=O) groups is 1. The van der Waals surface area contributed by atoms with Gasteiger partial charge in [0.1, 0.15) is 0 Å². The van der Waals surface area contributed by atoms with E-state index in [-0.39, 0.29) is 17.0 Å². The molecule has 1 aliphatic rings. The summed E-state index contributed by atoms with van der Waals surface area (Å²) in [4.78, 5) is 14.3. The van der Waals surface area contributed by atoms with Crippen molar-refractivity contribution in [3.63, 3.8) is 0 Å². The number of halogens is 1. The molecule has 22 heavy (non-hydrogen) atoms. The van der Waals surface area contributed by atoms with Crippen LogP contribution in [-0.2, 0) is 4.79 Å². The van der Waals surface area contributed by atoms with E-state index in [0.29, 0.717) is 5.91 Å². The standard InChI is InChI=1S/C18H35N2O.BrH/c1-4-6-7-8-9-10-11-12-18(21)19-13-16-20(3,15-5-2)17-14-19;/h5H,2,4,6-17H2,1,3H3;1H/q+1;/p-1. The number of unbranched alkanes of at least 4 members (excludes halogenated alkanes) is 6. The Labute approximate surface area is 148 Å². The summed E-state index contributed by atoms with van der Waals surface area (Å²) in [6, 6.07) is 0. The fourth-order valence-corrected chi connectivity index (χ4v) is 3.08. The number of hydrogen-bond acceptors (Lipinski definition) is 1. The van der Waals surface area contributed by atoms with Crippen molar-refractivity contribution in [2.45, 2.75) is 58.3 Å². The van der Waals surface area contributed by atoms with E-state index in [1.807, 2.05) is 6.08 Å². The molecule has 0 unspecified atom stereocenters. The molecule has 1 amide bonds. The Kier molecular flexibility index (Phi) is 11.9. The predicted molar refractivity (Wildman–Crippen MR) is 90.2 cm³/mol. The molecule has 0 aromatic rings. The highest BCUT2D eigenvalue weighted by atomic mass is 79.9. The number of amides is 1. The lowest BCUT2D eigenvalue weighted by atomic mass is 10.1. The van der Waals surface area contributed by atoms with Gasteiger partial charge in [0.2, 0.25) is 5.91 Å². The monoisotopic (exact) mass is 374 g/mol. The highest BCUT2D eigenvalue weighted by Gasteiger charge is 2.29. The Morgan fingerprint density at radius 1 is 1.09 bits per heavy atom. The molecule has 0 aromatic carbocycles. The van der Waals surface area contributed by atoms with Crippen LogP contribution < -0.4 is 17.0 Å². The molecular weight excluding hydrogens is 340 g/mol. The van der Waals surface area contributed by atoms with E-state index >= 15 is 0 Å². The van der Waals surface area contributed by atoms with Crippen LogP contribution in [0.3, 0.4) is 0 Å². The number of rotatable bonds is 10. The SMILES string of the molecule is C=CC[N+]1(C)CCN(C(=O)CCCCCCCCC)CC1.[Br-]. The minimum Gasteiger partial charge on any atom is -1.00 e. The summed E-state index contributed by atoms with van der Waals surface area (Å²) in [6.45, 7) is 11.1. The van der Waals surface area contributed by atoms with E-state index in [1.165, 1.54) is 38.5 Å². The lowest BCUT2D eigenvalue weighted by Crippen LogP contribution is -3.00. The van der Waals surface area contributed by atoms with Gasteiger partial charge in [-0.25, -0.2) is 0 Å². The zero-order valence-corrected chi connectivity index (χ0v) is 16.2. The van der Waals surface area contributed by atoms with Crippen LogP contribution in [0.2, 0.25) is 0 Å². The molecular formula is C18H35BrN2O. The minimum atomic E-state index is 0. The maximum Gasteiger partial charge on any atom is 0.222 e. The first-order chi connectivity index (χ1) is 10.1. The largest absolute Gasteiger partial charge is 1.00 e. The second kappa shape index (κ2) is 12.1. The van der Waals surface area contributed by atoms with E-state index in [1.54, 1.807) is 0 Å². The molecule has 4 heteroatoms. The summed E-state index contributed by atoms with van der Waals surface area (Å²) < 4.78 is 1.03. The Morgan fingerprint density at radius 2 is 1.64 bits per heavy atom. The van der Waals surface area contributed by atoms with E-state index < -0.39 is 0 Å². The molecule has 0 aromatic heterocycles. The second-order valence-corrected chi connectivity index (χ2v) is 6.79. The van der Waals surface area contributed by atoms with E-state index in [9.17, 15) is 4.79 Å². The molecule has 0 atom stereocenters. The summed E-state index contributed by atoms with van der Waals surface area (Å²) in [5.41, 5.74) is 0. The van der Waals surface area contributed by atoms with Gasteiger partial charge >= 0.3 is 0 Å². The third-order valence-corrected chi connectivity index (χ3v) is 4.74. The smallest absolute Gasteiger partial charge is 0.222 e. The lowest BCUT2D eigenvalue weighted by Gasteiger charge is -2.41. The number of piperazine rings is 1. The molecule has 0 spiro atoms. The van der Waals surface area contributed by atoms with Crippen molar-refractivity contribution in [3.05, 3.63) is 12.7 Å². The highest BCUT2D eigenvalue weighted by molar-refractivity contribution is 5.76. The third-order valence-electron chi connectivity index (χ3n) is 4.74. The first kappa shape index (κ1) is 21.6. The molecule has 0 radical (unpaired) electrons. The zero-order valence-electron chi connectivity index (χ0n) is 14.7. The molecule has 3 nitrogen and oxygen atoms in total. The predicted octanol–water partition coefficient (Wildman–Crippen LogP) is 0.606. The normalized spacial score (nSPS) is 16.9. The topological polar surface area (TPSA) is 20.3 Å². The molecule has 1 fully saturated rings. The summed E-state index contributed by atoms with van der Waals surface area (Å²) in [5, 5.41) is 0. The van der Waals surface area contributed by atoms with Gasteiger partial charge in [-0.05, 0) is 12.5 Å². The van der Waals surface area contributed by atoms with E-state index in [2.05, 4.69) is 25.5 Å². The number of quaternary nitrogens is 1. The summed E-state index contributed by atoms with van der Waals surface area (Å²) >= 11 is 0. The number of nitrogens with zero attached hydrogens (tertiary/aromatic N) is 2. The van der Waals surface area contributed by atoms with E-state index in [4.69, 9.17) is 0 Å². The quantitative estimate of drug-likeness (QED) is 0.311. The van der Waals surface area contributed by atoms with Gasteiger partial charge < -0.3 is 26.4 Å². The lowest BCUT2D eigenvalue weighted by molar-refractivity contribution is -0.907. The molecule has 0 N–H and O–H groups in total. The maximum absolute atomic E-state index is 12.2. The van der Waals surface area contributed by atoms with Crippen LogP contribution in [-0.4, -0.2) is 55.1 Å². The first-order valence-corrected chi connectivity index (χ1v) is 8.83. The fraction of sp³-hybridized carbons (Fsp3) is 0.833. The number of hydrogen-bond donors (Lipinski definition) is 0. The fourth-order valence-electron chi connectivity index (χ4n) is 3.08. The van der Waals surface area contributed by atoms with Gasteiger partial charge in [0, 0.05) is 6.42 Å². The van der Waals surface area contributed by atoms with Crippen molar-refractivity contribution >= 4 is 5.91 Å². The van der Waals surface area contributed by atoms with Gasteiger partial charge in [0.15, 0.2) is 0 Å². The van der Waals surface area contributed by atoms with Crippen LogP contribution in [0.4, 0.5) is 0 Å². The Morgan fingerprint density at radius 3 is 2.18 bits per heavy atom. The average molecular weight is 375 g/mol. The molecule has 130 valence electrons. The van der Waals surface area contributed by atoms with Gasteiger partial charge in [0.05, 0.1) is 39.8 Å². The molecule has 0 bridgehead atoms. The number of likely N-dealkylation sites (N-methyl/N-ethyl adjacent to an activating group) is 1. The van der Waals surface area contributed by atoms with Crippen molar-refractivity contribution in [1.29, 1.82) is 0 Å². The summed E-state index contributed by atoms with van der Waals surface area (Å²) in [6.07, 6.45) is 11.7. The molecule has 1 saturated heterocycles. The van der Waals surface area contributed by atoms with Crippen LogP contribution in [0.15, 0.2) is 12.7 Å². The van der Waals surface area contributed by atoms with Crippen molar-refractivity contribution < 1.29 is 26.3 Å². The average Bonchev–Trinajstić information content (AvgIpc) is 2.47. The summed E-state index contributed by atoms with van der Waals surface area (Å²) in [7, 11) is 2.26. The van der Waals surface area contributed by atoms with Crippen LogP contribution in [0.25, 0.3) is 0 Å². The van der Waals surface area contributed by atoms with Crippen molar-refractivity contribution in [3.8, 4) is 0 Å². The molecule has 0 aliphatic carbocycles. The zero-order chi connectivity index (χ0) is 15.6. The molecule has 1 aliphatic heterocycles. The van der Waals surface area contributed by atoms with Crippen molar-refractivity contribution in [2.75, 3.05) is 39.8 Å². The van der Waals surface area contributed by atoms with Gasteiger partial charge in [-0.2, -0.15) is 0 Å². The minimum absolute atomic E-state index is 0. The van der Waals surface area contributed by atoms with Crippen LogP contribution in [0.5, 0.6) is 0 Å². The Hall–Kier alpha value is -0.350. The van der Waals surface area contributed by atoms with E-state index in [0.717, 1.165) is 50.0 Å². The highest BCUT2D eigenvalue weighted by Crippen LogP contribution is 2.13. The molecule has 1 heterocycles. The van der Waals surface area contributed by atoms with Crippen LogP contribution >= 0.6 is 0 Å². The maximum atomic E-state index is 12.2. The Balaban J connectivity index is 0.00000441. The van der Waals surface area contributed by atoms with Gasteiger partial charge in [-0.3, -0.25) is 4.79 Å². The molecule has 0 saturated carbocycles.